The van der Waals surface area contributed by atoms with E-state index in [1.54, 1.807) is 0 Å². The van der Waals surface area contributed by atoms with Crippen LogP contribution in [0.3, 0.4) is 0 Å². The van der Waals surface area contributed by atoms with Crippen molar-refractivity contribution in [2.45, 2.75) is 26.8 Å². The van der Waals surface area contributed by atoms with Gasteiger partial charge in [-0.25, -0.2) is 8.78 Å². The van der Waals surface area contributed by atoms with E-state index in [4.69, 9.17) is 10.2 Å². The molecule has 1 atom stereocenters. The molecule has 3 N–H and O–H groups in total. The van der Waals surface area contributed by atoms with Gasteiger partial charge >= 0.3 is 0 Å². The molecule has 1 unspecified atom stereocenters. The Morgan fingerprint density at radius 2 is 1.89 bits per heavy atom. The summed E-state index contributed by atoms with van der Waals surface area (Å²) in [7, 11) is 0. The Bertz CT molecular complexity index is 608. The molecule has 0 aliphatic rings. The summed E-state index contributed by atoms with van der Waals surface area (Å²) in [4.78, 5) is 0. The maximum Gasteiger partial charge on any atom is 0.151 e. The molecule has 0 amide bonds. The standard InChI is InChI=1S/C14H16F2N2O/c1-7-4-11(9(3)19-7)8(2)18-13-6-10(15)5-12(16)14(13)17/h4-6,8,18H,17H2,1-3H3. The fraction of sp³-hybridized carbons (Fsp3) is 0.286. The Labute approximate surface area is 110 Å². The van der Waals surface area contributed by atoms with Gasteiger partial charge in [-0.2, -0.15) is 0 Å². The first-order valence-corrected chi connectivity index (χ1v) is 5.96. The zero-order valence-corrected chi connectivity index (χ0v) is 11.1. The third-order valence-electron chi connectivity index (χ3n) is 3.01. The smallest absolute Gasteiger partial charge is 0.151 e. The highest BCUT2D eigenvalue weighted by Crippen LogP contribution is 2.29. The molecule has 0 aliphatic heterocycles. The minimum absolute atomic E-state index is 0.0916. The predicted octanol–water partition coefficient (Wildman–Crippen LogP) is 3.93. The monoisotopic (exact) mass is 266 g/mol. The Kier molecular flexibility index (Phi) is 3.46. The zero-order valence-electron chi connectivity index (χ0n) is 11.1. The van der Waals surface area contributed by atoms with E-state index in [1.807, 2.05) is 26.8 Å². The number of halogens is 2. The molecular formula is C14H16F2N2O. The molecule has 0 bridgehead atoms. The van der Waals surface area contributed by atoms with E-state index in [9.17, 15) is 8.78 Å². The molecule has 0 radical (unpaired) electrons. The zero-order chi connectivity index (χ0) is 14.2. The van der Waals surface area contributed by atoms with Crippen LogP contribution in [0, 0.1) is 25.5 Å². The van der Waals surface area contributed by atoms with Crippen LogP contribution >= 0.6 is 0 Å². The van der Waals surface area contributed by atoms with Gasteiger partial charge in [0.2, 0.25) is 0 Å². The van der Waals surface area contributed by atoms with Gasteiger partial charge in [-0.1, -0.05) is 0 Å². The van der Waals surface area contributed by atoms with Gasteiger partial charge in [-0.05, 0) is 32.9 Å². The number of nitrogen functional groups attached to an aromatic ring is 1. The molecule has 5 heteroatoms. The second-order valence-corrected chi connectivity index (χ2v) is 4.58. The highest BCUT2D eigenvalue weighted by Gasteiger charge is 2.15. The number of hydrogen-bond donors (Lipinski definition) is 2. The lowest BCUT2D eigenvalue weighted by molar-refractivity contribution is 0.500. The normalized spacial score (nSPS) is 12.5. The molecule has 0 aliphatic carbocycles. The Morgan fingerprint density at radius 3 is 2.47 bits per heavy atom. The lowest BCUT2D eigenvalue weighted by atomic mass is 10.1. The van der Waals surface area contributed by atoms with Crippen LogP contribution in [0.2, 0.25) is 0 Å². The molecule has 1 aromatic carbocycles. The molecule has 1 heterocycles. The van der Waals surface area contributed by atoms with E-state index in [2.05, 4.69) is 5.32 Å². The van der Waals surface area contributed by atoms with Gasteiger partial charge < -0.3 is 15.5 Å². The van der Waals surface area contributed by atoms with E-state index in [1.165, 1.54) is 6.07 Å². The number of furan rings is 1. The van der Waals surface area contributed by atoms with Gasteiger partial charge in [0.15, 0.2) is 5.82 Å². The van der Waals surface area contributed by atoms with Crippen LogP contribution < -0.4 is 11.1 Å². The van der Waals surface area contributed by atoms with Crippen molar-refractivity contribution in [2.75, 3.05) is 11.1 Å². The molecule has 2 aromatic rings. The van der Waals surface area contributed by atoms with E-state index < -0.39 is 11.6 Å². The molecule has 0 saturated heterocycles. The van der Waals surface area contributed by atoms with E-state index in [0.717, 1.165) is 23.2 Å². The first-order chi connectivity index (χ1) is 8.88. The molecule has 0 saturated carbocycles. The summed E-state index contributed by atoms with van der Waals surface area (Å²) in [6, 6.07) is 3.66. The summed E-state index contributed by atoms with van der Waals surface area (Å²) in [5.74, 6) is 0.129. The van der Waals surface area contributed by atoms with Crippen LogP contribution in [0.25, 0.3) is 0 Å². The molecule has 2 rings (SSSR count). The van der Waals surface area contributed by atoms with Crippen molar-refractivity contribution in [1.82, 2.24) is 0 Å². The molecule has 1 aromatic heterocycles. The topological polar surface area (TPSA) is 51.2 Å². The second-order valence-electron chi connectivity index (χ2n) is 4.58. The van der Waals surface area contributed by atoms with Crippen molar-refractivity contribution >= 4 is 11.4 Å². The first-order valence-electron chi connectivity index (χ1n) is 5.96. The van der Waals surface area contributed by atoms with Crippen LogP contribution in [0.5, 0.6) is 0 Å². The summed E-state index contributed by atoms with van der Waals surface area (Å²) < 4.78 is 32.0. The number of anilines is 2. The lowest BCUT2D eigenvalue weighted by Gasteiger charge is -2.16. The van der Waals surface area contributed by atoms with E-state index >= 15 is 0 Å². The third-order valence-corrected chi connectivity index (χ3v) is 3.01. The Hall–Kier alpha value is -2.04. The van der Waals surface area contributed by atoms with Crippen molar-refractivity contribution < 1.29 is 13.2 Å². The minimum atomic E-state index is -0.769. The number of rotatable bonds is 3. The van der Waals surface area contributed by atoms with Crippen molar-refractivity contribution in [3.05, 3.63) is 46.9 Å². The van der Waals surface area contributed by atoms with Crippen LogP contribution in [0.4, 0.5) is 20.2 Å². The Morgan fingerprint density at radius 1 is 1.21 bits per heavy atom. The quantitative estimate of drug-likeness (QED) is 0.827. The number of benzene rings is 1. The molecule has 3 nitrogen and oxygen atoms in total. The van der Waals surface area contributed by atoms with E-state index in [-0.39, 0.29) is 17.4 Å². The highest BCUT2D eigenvalue weighted by atomic mass is 19.1. The SMILES string of the molecule is Cc1cc(C(C)Nc2cc(F)cc(F)c2N)c(C)o1. The summed E-state index contributed by atoms with van der Waals surface area (Å²) in [6.45, 7) is 5.56. The third kappa shape index (κ3) is 2.70. The highest BCUT2D eigenvalue weighted by molar-refractivity contribution is 5.67. The number of hydrogen-bond acceptors (Lipinski definition) is 3. The van der Waals surface area contributed by atoms with E-state index in [0.29, 0.717) is 0 Å². The maximum atomic E-state index is 13.4. The van der Waals surface area contributed by atoms with Crippen LogP contribution in [-0.2, 0) is 0 Å². The van der Waals surface area contributed by atoms with Gasteiger partial charge in [0, 0.05) is 11.6 Å². The lowest BCUT2D eigenvalue weighted by Crippen LogP contribution is -2.10. The fourth-order valence-electron chi connectivity index (χ4n) is 2.10. The summed E-state index contributed by atoms with van der Waals surface area (Å²) >= 11 is 0. The van der Waals surface area contributed by atoms with Crippen molar-refractivity contribution in [1.29, 1.82) is 0 Å². The van der Waals surface area contributed by atoms with Crippen molar-refractivity contribution in [2.24, 2.45) is 0 Å². The van der Waals surface area contributed by atoms with Gasteiger partial charge in [0.25, 0.3) is 0 Å². The van der Waals surface area contributed by atoms with Crippen LogP contribution in [-0.4, -0.2) is 0 Å². The molecule has 102 valence electrons. The first kappa shape index (κ1) is 13.4. The molecule has 0 spiro atoms. The minimum Gasteiger partial charge on any atom is -0.466 e. The average Bonchev–Trinajstić information content (AvgIpc) is 2.64. The second kappa shape index (κ2) is 4.91. The average molecular weight is 266 g/mol. The summed E-state index contributed by atoms with van der Waals surface area (Å²) in [5, 5.41) is 3.00. The largest absolute Gasteiger partial charge is 0.466 e. The molecule has 0 fully saturated rings. The van der Waals surface area contributed by atoms with Gasteiger partial charge in [0.1, 0.15) is 17.3 Å². The number of nitrogens with one attached hydrogen (secondary N) is 1. The number of aryl methyl sites for hydroxylation is 2. The van der Waals surface area contributed by atoms with Crippen molar-refractivity contribution in [3.63, 3.8) is 0 Å². The number of nitrogens with two attached hydrogens (primary N) is 1. The summed E-state index contributed by atoms with van der Waals surface area (Å²) in [5.41, 5.74) is 6.67. The summed E-state index contributed by atoms with van der Waals surface area (Å²) in [6.07, 6.45) is 0. The molecule has 19 heavy (non-hydrogen) atoms. The van der Waals surface area contributed by atoms with Gasteiger partial charge in [-0.3, -0.25) is 0 Å². The molecular weight excluding hydrogens is 250 g/mol. The van der Waals surface area contributed by atoms with Crippen molar-refractivity contribution in [3.8, 4) is 0 Å². The Balaban J connectivity index is 2.29. The fourth-order valence-corrected chi connectivity index (χ4v) is 2.10. The predicted molar refractivity (Wildman–Crippen MR) is 71.0 cm³/mol. The van der Waals surface area contributed by atoms with Gasteiger partial charge in [-0.15, -0.1) is 0 Å². The van der Waals surface area contributed by atoms with Gasteiger partial charge in [0.05, 0.1) is 17.4 Å². The maximum absolute atomic E-state index is 13.4. The van der Waals surface area contributed by atoms with Crippen LogP contribution in [0.15, 0.2) is 22.6 Å². The van der Waals surface area contributed by atoms with Crippen LogP contribution in [0.1, 0.15) is 30.0 Å².